The van der Waals surface area contributed by atoms with Gasteiger partial charge in [0.15, 0.2) is 0 Å². The maximum atomic E-state index is 10.3. The van der Waals surface area contributed by atoms with E-state index in [1.165, 1.54) is 0 Å². The fraction of sp³-hybridized carbons (Fsp3) is 0.364. The second-order valence-corrected chi connectivity index (χ2v) is 5.17. The molecule has 0 aliphatic rings. The van der Waals surface area contributed by atoms with Gasteiger partial charge in [-0.1, -0.05) is 15.9 Å². The SMILES string of the molecule is COc1ccc(Br)cc1CSCCC(=O)O. The van der Waals surface area contributed by atoms with Crippen LogP contribution in [0.3, 0.4) is 0 Å². The molecular formula is C11H13BrO3S. The van der Waals surface area contributed by atoms with Gasteiger partial charge in [-0.25, -0.2) is 0 Å². The number of carbonyl (C=O) groups is 1. The Morgan fingerprint density at radius 1 is 1.56 bits per heavy atom. The molecule has 0 saturated carbocycles. The lowest BCUT2D eigenvalue weighted by Crippen LogP contribution is -1.97. The van der Waals surface area contributed by atoms with Crippen molar-refractivity contribution in [2.45, 2.75) is 12.2 Å². The molecule has 5 heteroatoms. The minimum absolute atomic E-state index is 0.195. The van der Waals surface area contributed by atoms with Gasteiger partial charge in [0.2, 0.25) is 0 Å². The van der Waals surface area contributed by atoms with E-state index in [4.69, 9.17) is 9.84 Å². The van der Waals surface area contributed by atoms with Gasteiger partial charge in [0.1, 0.15) is 5.75 Å². The summed E-state index contributed by atoms with van der Waals surface area (Å²) in [7, 11) is 1.63. The fourth-order valence-corrected chi connectivity index (χ4v) is 2.52. The molecule has 1 rings (SSSR count). The van der Waals surface area contributed by atoms with Gasteiger partial charge in [-0.05, 0) is 18.2 Å². The van der Waals surface area contributed by atoms with Crippen molar-refractivity contribution in [2.75, 3.05) is 12.9 Å². The predicted octanol–water partition coefficient (Wildman–Crippen LogP) is 3.17. The smallest absolute Gasteiger partial charge is 0.304 e. The molecule has 1 N–H and O–H groups in total. The summed E-state index contributed by atoms with van der Waals surface area (Å²) >= 11 is 4.99. The quantitative estimate of drug-likeness (QED) is 0.820. The molecule has 0 atom stereocenters. The Labute approximate surface area is 107 Å². The summed E-state index contributed by atoms with van der Waals surface area (Å²) in [6, 6.07) is 5.81. The van der Waals surface area contributed by atoms with Gasteiger partial charge in [0.05, 0.1) is 13.5 Å². The van der Waals surface area contributed by atoms with Crippen LogP contribution in [0.15, 0.2) is 22.7 Å². The van der Waals surface area contributed by atoms with Gasteiger partial charge in [-0.2, -0.15) is 11.8 Å². The number of rotatable bonds is 6. The standard InChI is InChI=1S/C11H13BrO3S/c1-15-10-3-2-9(12)6-8(10)7-16-5-4-11(13)14/h2-3,6H,4-5,7H2,1H3,(H,13,14). The van der Waals surface area contributed by atoms with E-state index in [1.54, 1.807) is 18.9 Å². The van der Waals surface area contributed by atoms with E-state index in [2.05, 4.69) is 15.9 Å². The zero-order valence-electron chi connectivity index (χ0n) is 8.90. The number of benzene rings is 1. The Kier molecular flexibility index (Phi) is 5.69. The first-order chi connectivity index (χ1) is 7.63. The van der Waals surface area contributed by atoms with Crippen molar-refractivity contribution < 1.29 is 14.6 Å². The van der Waals surface area contributed by atoms with E-state index in [-0.39, 0.29) is 6.42 Å². The van der Waals surface area contributed by atoms with Crippen molar-refractivity contribution in [1.29, 1.82) is 0 Å². The Balaban J connectivity index is 2.51. The molecule has 0 saturated heterocycles. The molecular weight excluding hydrogens is 292 g/mol. The fourth-order valence-electron chi connectivity index (χ4n) is 1.20. The molecule has 0 aliphatic heterocycles. The number of ether oxygens (including phenoxy) is 1. The minimum atomic E-state index is -0.756. The molecule has 0 fully saturated rings. The van der Waals surface area contributed by atoms with E-state index in [0.717, 1.165) is 21.5 Å². The van der Waals surface area contributed by atoms with Crippen LogP contribution in [0, 0.1) is 0 Å². The summed E-state index contributed by atoms with van der Waals surface area (Å²) in [5.41, 5.74) is 1.08. The summed E-state index contributed by atoms with van der Waals surface area (Å²) in [5, 5.41) is 8.51. The molecule has 3 nitrogen and oxygen atoms in total. The molecule has 0 bridgehead atoms. The highest BCUT2D eigenvalue weighted by Gasteiger charge is 2.04. The third-order valence-electron chi connectivity index (χ3n) is 1.96. The summed E-state index contributed by atoms with van der Waals surface area (Å²) < 4.78 is 6.23. The monoisotopic (exact) mass is 304 g/mol. The maximum Gasteiger partial charge on any atom is 0.304 e. The average molecular weight is 305 g/mol. The van der Waals surface area contributed by atoms with Gasteiger partial charge >= 0.3 is 5.97 Å². The van der Waals surface area contributed by atoms with Gasteiger partial charge in [-0.15, -0.1) is 0 Å². The molecule has 1 aromatic carbocycles. The largest absolute Gasteiger partial charge is 0.496 e. The highest BCUT2D eigenvalue weighted by atomic mass is 79.9. The van der Waals surface area contributed by atoms with Crippen molar-refractivity contribution in [1.82, 2.24) is 0 Å². The maximum absolute atomic E-state index is 10.3. The molecule has 1 aromatic rings. The number of carboxylic acids is 1. The first kappa shape index (κ1) is 13.4. The van der Waals surface area contributed by atoms with Gasteiger partial charge in [0, 0.05) is 21.5 Å². The molecule has 16 heavy (non-hydrogen) atoms. The van der Waals surface area contributed by atoms with Crippen LogP contribution in [0.2, 0.25) is 0 Å². The van der Waals surface area contributed by atoms with Crippen molar-refractivity contribution >= 4 is 33.7 Å². The summed E-state index contributed by atoms with van der Waals surface area (Å²) in [6.45, 7) is 0. The molecule has 0 amide bonds. The number of hydrogen-bond acceptors (Lipinski definition) is 3. The summed E-state index contributed by atoms with van der Waals surface area (Å²) in [6.07, 6.45) is 0.195. The van der Waals surface area contributed by atoms with Crippen LogP contribution in [0.5, 0.6) is 5.75 Å². The minimum Gasteiger partial charge on any atom is -0.496 e. The van der Waals surface area contributed by atoms with Crippen LogP contribution in [0.25, 0.3) is 0 Å². The number of hydrogen-bond donors (Lipinski definition) is 1. The van der Waals surface area contributed by atoms with Crippen LogP contribution >= 0.6 is 27.7 Å². The first-order valence-electron chi connectivity index (χ1n) is 4.75. The van der Waals surface area contributed by atoms with E-state index in [9.17, 15) is 4.79 Å². The molecule has 0 unspecified atom stereocenters. The molecule has 88 valence electrons. The predicted molar refractivity (Wildman–Crippen MR) is 69.1 cm³/mol. The van der Waals surface area contributed by atoms with Gasteiger partial charge < -0.3 is 9.84 Å². The van der Waals surface area contributed by atoms with Crippen LogP contribution < -0.4 is 4.74 Å². The number of halogens is 1. The van der Waals surface area contributed by atoms with Crippen molar-refractivity contribution in [3.8, 4) is 5.75 Å². The van der Waals surface area contributed by atoms with Crippen LogP contribution in [-0.2, 0) is 10.5 Å². The van der Waals surface area contributed by atoms with Gasteiger partial charge in [-0.3, -0.25) is 4.79 Å². The van der Waals surface area contributed by atoms with E-state index >= 15 is 0 Å². The van der Waals surface area contributed by atoms with Crippen LogP contribution in [0.4, 0.5) is 0 Å². The third kappa shape index (κ3) is 4.45. The van der Waals surface area contributed by atoms with Crippen LogP contribution in [0.1, 0.15) is 12.0 Å². The summed E-state index contributed by atoms with van der Waals surface area (Å²) in [5.74, 6) is 1.46. The Hall–Kier alpha value is -0.680. The Morgan fingerprint density at radius 3 is 2.94 bits per heavy atom. The molecule has 0 radical (unpaired) electrons. The normalized spacial score (nSPS) is 10.1. The van der Waals surface area contributed by atoms with Crippen LogP contribution in [-0.4, -0.2) is 23.9 Å². The molecule has 0 heterocycles. The van der Waals surface area contributed by atoms with Crippen molar-refractivity contribution in [2.24, 2.45) is 0 Å². The van der Waals surface area contributed by atoms with E-state index in [0.29, 0.717) is 5.75 Å². The molecule has 0 aliphatic carbocycles. The topological polar surface area (TPSA) is 46.5 Å². The lowest BCUT2D eigenvalue weighted by molar-refractivity contribution is -0.136. The number of thioether (sulfide) groups is 1. The highest BCUT2D eigenvalue weighted by molar-refractivity contribution is 9.10. The van der Waals surface area contributed by atoms with Gasteiger partial charge in [0.25, 0.3) is 0 Å². The van der Waals surface area contributed by atoms with E-state index in [1.807, 2.05) is 18.2 Å². The summed E-state index contributed by atoms with van der Waals surface area (Å²) in [4.78, 5) is 10.3. The average Bonchev–Trinajstić information content (AvgIpc) is 2.24. The third-order valence-corrected chi connectivity index (χ3v) is 3.46. The van der Waals surface area contributed by atoms with Crippen molar-refractivity contribution in [3.63, 3.8) is 0 Å². The second-order valence-electron chi connectivity index (χ2n) is 3.15. The van der Waals surface area contributed by atoms with Crippen molar-refractivity contribution in [3.05, 3.63) is 28.2 Å². The number of carboxylic acid groups (broad SMARTS) is 1. The highest BCUT2D eigenvalue weighted by Crippen LogP contribution is 2.26. The number of methoxy groups -OCH3 is 1. The second kappa shape index (κ2) is 6.81. The molecule has 0 aromatic heterocycles. The lowest BCUT2D eigenvalue weighted by Gasteiger charge is -2.08. The Morgan fingerprint density at radius 2 is 2.31 bits per heavy atom. The number of aliphatic carboxylic acids is 1. The zero-order valence-corrected chi connectivity index (χ0v) is 11.3. The zero-order chi connectivity index (χ0) is 12.0. The lowest BCUT2D eigenvalue weighted by atomic mass is 10.2. The molecule has 0 spiro atoms. The van der Waals surface area contributed by atoms with E-state index < -0.39 is 5.97 Å². The first-order valence-corrected chi connectivity index (χ1v) is 6.70. The Bertz CT molecular complexity index is 368.